The van der Waals surface area contributed by atoms with Crippen LogP contribution < -0.4 is 5.32 Å². The first kappa shape index (κ1) is 12.2. The summed E-state index contributed by atoms with van der Waals surface area (Å²) >= 11 is 0. The summed E-state index contributed by atoms with van der Waals surface area (Å²) in [5.41, 5.74) is -0.261. The molecular formula is C13H8F3NO. The van der Waals surface area contributed by atoms with Crippen molar-refractivity contribution in [1.82, 2.24) is 0 Å². The lowest BCUT2D eigenvalue weighted by molar-refractivity contribution is 0.102. The predicted octanol–water partition coefficient (Wildman–Crippen LogP) is 3.36. The predicted molar refractivity (Wildman–Crippen MR) is 60.7 cm³/mol. The molecule has 92 valence electrons. The molecule has 0 saturated carbocycles. The van der Waals surface area contributed by atoms with Crippen molar-refractivity contribution in [2.75, 3.05) is 5.32 Å². The van der Waals surface area contributed by atoms with Crippen molar-refractivity contribution in [3.63, 3.8) is 0 Å². The molecule has 0 radical (unpaired) electrons. The topological polar surface area (TPSA) is 29.1 Å². The monoisotopic (exact) mass is 251 g/mol. The lowest BCUT2D eigenvalue weighted by Gasteiger charge is -2.06. The largest absolute Gasteiger partial charge is 0.322 e. The van der Waals surface area contributed by atoms with Crippen LogP contribution in [0.15, 0.2) is 42.5 Å². The molecule has 0 atom stereocenters. The van der Waals surface area contributed by atoms with Gasteiger partial charge in [-0.25, -0.2) is 13.2 Å². The molecule has 0 saturated heterocycles. The molecule has 0 fully saturated rings. The van der Waals surface area contributed by atoms with Crippen LogP contribution in [0.3, 0.4) is 0 Å². The molecule has 5 heteroatoms. The summed E-state index contributed by atoms with van der Waals surface area (Å²) in [6.07, 6.45) is 0. The van der Waals surface area contributed by atoms with Gasteiger partial charge in [-0.1, -0.05) is 6.07 Å². The van der Waals surface area contributed by atoms with Gasteiger partial charge < -0.3 is 5.32 Å². The van der Waals surface area contributed by atoms with Crippen molar-refractivity contribution < 1.29 is 18.0 Å². The van der Waals surface area contributed by atoms with E-state index in [4.69, 9.17) is 0 Å². The quantitative estimate of drug-likeness (QED) is 0.871. The standard InChI is InChI=1S/C13H8F3NO/c14-8-2-1-3-10(6-8)17-13(18)11-7-9(15)4-5-12(11)16/h1-7H,(H,17,18). The maximum Gasteiger partial charge on any atom is 0.258 e. The number of nitrogens with one attached hydrogen (secondary N) is 1. The van der Waals surface area contributed by atoms with Crippen LogP contribution in [0.25, 0.3) is 0 Å². The molecule has 0 unspecified atom stereocenters. The summed E-state index contributed by atoms with van der Waals surface area (Å²) < 4.78 is 39.1. The van der Waals surface area contributed by atoms with Gasteiger partial charge in [-0.3, -0.25) is 4.79 Å². The molecule has 0 aromatic heterocycles. The fourth-order valence-electron chi connectivity index (χ4n) is 1.44. The molecule has 1 amide bonds. The van der Waals surface area contributed by atoms with Crippen LogP contribution in [0.4, 0.5) is 18.9 Å². The average molecular weight is 251 g/mol. The number of anilines is 1. The molecule has 0 heterocycles. The average Bonchev–Trinajstić information content (AvgIpc) is 2.32. The fraction of sp³-hybridized carbons (Fsp3) is 0. The molecule has 0 aliphatic carbocycles. The molecular weight excluding hydrogens is 243 g/mol. The number of benzene rings is 2. The lowest BCUT2D eigenvalue weighted by atomic mass is 10.2. The second kappa shape index (κ2) is 4.91. The van der Waals surface area contributed by atoms with Crippen LogP contribution in [-0.2, 0) is 0 Å². The van der Waals surface area contributed by atoms with E-state index in [9.17, 15) is 18.0 Å². The first-order valence-electron chi connectivity index (χ1n) is 5.08. The van der Waals surface area contributed by atoms with Crippen molar-refractivity contribution >= 4 is 11.6 Å². The number of amides is 1. The van der Waals surface area contributed by atoms with Gasteiger partial charge in [0.25, 0.3) is 5.91 Å². The number of hydrogen-bond donors (Lipinski definition) is 1. The first-order chi connectivity index (χ1) is 8.56. The van der Waals surface area contributed by atoms with Crippen molar-refractivity contribution in [2.24, 2.45) is 0 Å². The van der Waals surface area contributed by atoms with Crippen molar-refractivity contribution in [2.45, 2.75) is 0 Å². The van der Waals surface area contributed by atoms with Crippen LogP contribution in [0.1, 0.15) is 10.4 Å². The van der Waals surface area contributed by atoms with E-state index < -0.39 is 28.9 Å². The molecule has 2 rings (SSSR count). The third kappa shape index (κ3) is 2.68. The summed E-state index contributed by atoms with van der Waals surface area (Å²) in [6.45, 7) is 0. The Morgan fingerprint density at radius 1 is 0.944 bits per heavy atom. The number of carbonyl (C=O) groups excluding carboxylic acids is 1. The van der Waals surface area contributed by atoms with Gasteiger partial charge in [0.15, 0.2) is 0 Å². The number of halogens is 3. The highest BCUT2D eigenvalue weighted by atomic mass is 19.1. The van der Waals surface area contributed by atoms with E-state index in [1.165, 1.54) is 18.2 Å². The van der Waals surface area contributed by atoms with E-state index in [2.05, 4.69) is 5.32 Å². The van der Waals surface area contributed by atoms with E-state index in [1.807, 2.05) is 0 Å². The minimum atomic E-state index is -0.842. The first-order valence-corrected chi connectivity index (χ1v) is 5.08. The van der Waals surface area contributed by atoms with E-state index >= 15 is 0 Å². The summed E-state index contributed by atoms with van der Waals surface area (Å²) in [5.74, 6) is -2.93. The second-order valence-electron chi connectivity index (χ2n) is 3.59. The Hall–Kier alpha value is -2.30. The highest BCUT2D eigenvalue weighted by molar-refractivity contribution is 6.04. The van der Waals surface area contributed by atoms with Gasteiger partial charge in [-0.2, -0.15) is 0 Å². The third-order valence-electron chi connectivity index (χ3n) is 2.26. The minimum absolute atomic E-state index is 0.170. The maximum absolute atomic E-state index is 13.3. The summed E-state index contributed by atoms with van der Waals surface area (Å²) in [7, 11) is 0. The van der Waals surface area contributed by atoms with Gasteiger partial charge >= 0.3 is 0 Å². The molecule has 2 aromatic rings. The van der Waals surface area contributed by atoms with E-state index in [0.717, 1.165) is 24.3 Å². The molecule has 2 nitrogen and oxygen atoms in total. The Bertz CT molecular complexity index is 599. The molecule has 1 N–H and O–H groups in total. The van der Waals surface area contributed by atoms with E-state index in [-0.39, 0.29) is 5.69 Å². The van der Waals surface area contributed by atoms with Crippen LogP contribution in [0, 0.1) is 17.5 Å². The molecule has 0 aliphatic heterocycles. The Labute approximate surface area is 101 Å². The molecule has 0 aliphatic rings. The van der Waals surface area contributed by atoms with Crippen LogP contribution in [0.5, 0.6) is 0 Å². The zero-order chi connectivity index (χ0) is 13.1. The van der Waals surface area contributed by atoms with Crippen molar-refractivity contribution in [1.29, 1.82) is 0 Å². The van der Waals surface area contributed by atoms with Gasteiger partial charge in [0.1, 0.15) is 17.5 Å². The summed E-state index contributed by atoms with van der Waals surface area (Å²) in [5, 5.41) is 2.28. The highest BCUT2D eigenvalue weighted by Gasteiger charge is 2.13. The Morgan fingerprint density at radius 3 is 2.39 bits per heavy atom. The van der Waals surface area contributed by atoms with Crippen molar-refractivity contribution in [3.8, 4) is 0 Å². The van der Waals surface area contributed by atoms with Gasteiger partial charge in [0.2, 0.25) is 0 Å². The zero-order valence-electron chi connectivity index (χ0n) is 9.08. The Morgan fingerprint density at radius 2 is 1.67 bits per heavy atom. The number of hydrogen-bond acceptors (Lipinski definition) is 1. The van der Waals surface area contributed by atoms with E-state index in [1.54, 1.807) is 0 Å². The normalized spacial score (nSPS) is 10.2. The lowest BCUT2D eigenvalue weighted by Crippen LogP contribution is -2.14. The Balaban J connectivity index is 2.24. The van der Waals surface area contributed by atoms with Crippen LogP contribution in [-0.4, -0.2) is 5.91 Å². The minimum Gasteiger partial charge on any atom is -0.322 e. The maximum atomic E-state index is 13.3. The van der Waals surface area contributed by atoms with Crippen LogP contribution >= 0.6 is 0 Å². The molecule has 2 aromatic carbocycles. The number of rotatable bonds is 2. The van der Waals surface area contributed by atoms with E-state index in [0.29, 0.717) is 0 Å². The van der Waals surface area contributed by atoms with Gasteiger partial charge in [-0.15, -0.1) is 0 Å². The van der Waals surface area contributed by atoms with Gasteiger partial charge in [-0.05, 0) is 36.4 Å². The summed E-state index contributed by atoms with van der Waals surface area (Å²) in [4.78, 5) is 11.7. The van der Waals surface area contributed by atoms with Gasteiger partial charge in [0, 0.05) is 5.69 Å². The third-order valence-corrected chi connectivity index (χ3v) is 2.26. The smallest absolute Gasteiger partial charge is 0.258 e. The SMILES string of the molecule is O=C(Nc1cccc(F)c1)c1cc(F)ccc1F. The highest BCUT2D eigenvalue weighted by Crippen LogP contribution is 2.14. The fourth-order valence-corrected chi connectivity index (χ4v) is 1.44. The van der Waals surface area contributed by atoms with Gasteiger partial charge in [0.05, 0.1) is 5.56 Å². The Kier molecular flexibility index (Phi) is 3.32. The molecule has 0 spiro atoms. The zero-order valence-corrected chi connectivity index (χ0v) is 9.08. The second-order valence-corrected chi connectivity index (χ2v) is 3.59. The molecule has 18 heavy (non-hydrogen) atoms. The molecule has 0 bridgehead atoms. The number of carbonyl (C=O) groups is 1. The van der Waals surface area contributed by atoms with Crippen LogP contribution in [0.2, 0.25) is 0 Å². The summed E-state index contributed by atoms with van der Waals surface area (Å²) in [6, 6.07) is 7.67. The van der Waals surface area contributed by atoms with Crippen molar-refractivity contribution in [3.05, 3.63) is 65.5 Å².